The van der Waals surface area contributed by atoms with Crippen LogP contribution in [0.4, 0.5) is 11.5 Å². The first kappa shape index (κ1) is 23.1. The van der Waals surface area contributed by atoms with Gasteiger partial charge in [0.2, 0.25) is 0 Å². The number of ether oxygens (including phenoxy) is 1. The maximum Gasteiger partial charge on any atom is 0.342 e. The number of nitrogens with zero attached hydrogens (tertiary/aromatic N) is 2. The number of rotatable bonds is 7. The minimum atomic E-state index is -1.01. The van der Waals surface area contributed by atoms with E-state index in [1.165, 1.54) is 6.07 Å². The molecule has 0 aliphatic rings. The third kappa shape index (κ3) is 5.03. The number of carbonyl (C=O) groups is 2. The number of nitrogens with two attached hydrogens (primary N) is 1. The summed E-state index contributed by atoms with van der Waals surface area (Å²) in [7, 11) is 0. The first-order chi connectivity index (χ1) is 15.7. The van der Waals surface area contributed by atoms with Crippen molar-refractivity contribution in [3.05, 3.63) is 80.5 Å². The van der Waals surface area contributed by atoms with E-state index >= 15 is 0 Å². The summed E-state index contributed by atoms with van der Waals surface area (Å²) in [5.41, 5.74) is 4.77. The summed E-state index contributed by atoms with van der Waals surface area (Å²) in [6.45, 7) is 0.883. The quantitative estimate of drug-likeness (QED) is 0.380. The van der Waals surface area contributed by atoms with Gasteiger partial charge in [0.15, 0.2) is 12.3 Å². The number of phenolic OH excluding ortho intramolecular Hbond substituents is 2. The maximum atomic E-state index is 12.8. The van der Waals surface area contributed by atoms with Crippen LogP contribution in [0.1, 0.15) is 22.8 Å². The minimum Gasteiger partial charge on any atom is -0.508 e. The van der Waals surface area contributed by atoms with E-state index in [9.17, 15) is 29.4 Å². The predicted octanol–water partition coefficient (Wildman–Crippen LogP) is 0.788. The van der Waals surface area contributed by atoms with Gasteiger partial charge in [0.25, 0.3) is 11.5 Å². The van der Waals surface area contributed by atoms with E-state index in [1.54, 1.807) is 31.2 Å². The highest BCUT2D eigenvalue weighted by Crippen LogP contribution is 2.23. The summed E-state index contributed by atoms with van der Waals surface area (Å²) in [4.78, 5) is 52.9. The summed E-state index contributed by atoms with van der Waals surface area (Å²) in [6, 6.07) is 12.2. The largest absolute Gasteiger partial charge is 0.508 e. The van der Waals surface area contributed by atoms with Gasteiger partial charge in [0.05, 0.1) is 6.54 Å². The Morgan fingerprint density at radius 2 is 1.82 bits per heavy atom. The monoisotopic (exact) mass is 454 g/mol. The second kappa shape index (κ2) is 9.73. The highest BCUT2D eigenvalue weighted by molar-refractivity contribution is 5.99. The number of H-pyrrole nitrogens is 1. The molecule has 0 saturated heterocycles. The summed E-state index contributed by atoms with van der Waals surface area (Å²) in [5, 5.41) is 19.1. The number of likely N-dealkylation sites (N-methyl/N-ethyl adjacent to an activating group) is 1. The van der Waals surface area contributed by atoms with Crippen LogP contribution in [0.5, 0.6) is 11.5 Å². The molecule has 33 heavy (non-hydrogen) atoms. The van der Waals surface area contributed by atoms with Gasteiger partial charge in [-0.15, -0.1) is 0 Å². The van der Waals surface area contributed by atoms with Crippen molar-refractivity contribution in [3.8, 4) is 11.5 Å². The molecule has 0 atom stereocenters. The first-order valence-corrected chi connectivity index (χ1v) is 9.88. The van der Waals surface area contributed by atoms with Gasteiger partial charge in [-0.25, -0.2) is 9.59 Å². The zero-order valence-electron chi connectivity index (χ0n) is 17.6. The van der Waals surface area contributed by atoms with Gasteiger partial charge in [-0.3, -0.25) is 19.1 Å². The van der Waals surface area contributed by atoms with Crippen molar-refractivity contribution in [2.24, 2.45) is 0 Å². The number of hydrogen-bond donors (Lipinski definition) is 4. The molecule has 0 saturated carbocycles. The second-order valence-electron chi connectivity index (χ2n) is 6.98. The zero-order chi connectivity index (χ0) is 24.1. The molecule has 5 N–H and O–H groups in total. The third-order valence-electron chi connectivity index (χ3n) is 4.81. The molecule has 172 valence electrons. The van der Waals surface area contributed by atoms with Gasteiger partial charge < -0.3 is 25.6 Å². The fourth-order valence-electron chi connectivity index (χ4n) is 3.20. The molecule has 1 aromatic heterocycles. The minimum absolute atomic E-state index is 0.00232. The number of aromatic nitrogens is 2. The van der Waals surface area contributed by atoms with Gasteiger partial charge in [0.1, 0.15) is 22.9 Å². The van der Waals surface area contributed by atoms with E-state index in [-0.39, 0.29) is 35.9 Å². The number of amides is 1. The summed E-state index contributed by atoms with van der Waals surface area (Å²) in [6.07, 6.45) is 0. The Bertz CT molecular complexity index is 1300. The number of carbonyl (C=O) groups excluding carboxylic acids is 2. The van der Waals surface area contributed by atoms with Crippen molar-refractivity contribution in [3.63, 3.8) is 0 Å². The maximum absolute atomic E-state index is 12.8. The number of phenols is 2. The highest BCUT2D eigenvalue weighted by Gasteiger charge is 2.24. The standard InChI is InChI=1S/C22H22N4O7/c1-2-25(17(29)12-33-21(31)15-9-8-14(27)10-16(15)28)18-19(23)26(22(32)24-20(18)30)11-13-6-4-3-5-7-13/h3-10,27-28H,2,11-12,23H2,1H3,(H,24,30,32). The average Bonchev–Trinajstić information content (AvgIpc) is 2.78. The van der Waals surface area contributed by atoms with Crippen molar-refractivity contribution in [1.29, 1.82) is 0 Å². The van der Waals surface area contributed by atoms with Crippen molar-refractivity contribution in [2.75, 3.05) is 23.8 Å². The Morgan fingerprint density at radius 3 is 2.45 bits per heavy atom. The Morgan fingerprint density at radius 1 is 1.12 bits per heavy atom. The molecule has 11 nitrogen and oxygen atoms in total. The van der Waals surface area contributed by atoms with E-state index < -0.39 is 35.5 Å². The van der Waals surface area contributed by atoms with Crippen LogP contribution in [-0.4, -0.2) is 44.8 Å². The van der Waals surface area contributed by atoms with Gasteiger partial charge in [0, 0.05) is 12.6 Å². The third-order valence-corrected chi connectivity index (χ3v) is 4.81. The summed E-state index contributed by atoms with van der Waals surface area (Å²) >= 11 is 0. The topological polar surface area (TPSA) is 168 Å². The number of esters is 1. The molecule has 0 fully saturated rings. The molecule has 3 rings (SSSR count). The van der Waals surface area contributed by atoms with Crippen LogP contribution in [0.25, 0.3) is 0 Å². The lowest BCUT2D eigenvalue weighted by Gasteiger charge is -2.23. The van der Waals surface area contributed by atoms with Crippen LogP contribution in [-0.2, 0) is 16.1 Å². The van der Waals surface area contributed by atoms with E-state index in [2.05, 4.69) is 4.98 Å². The first-order valence-electron chi connectivity index (χ1n) is 9.88. The molecule has 0 radical (unpaired) electrons. The zero-order valence-corrected chi connectivity index (χ0v) is 17.6. The van der Waals surface area contributed by atoms with Crippen LogP contribution < -0.4 is 21.9 Å². The normalized spacial score (nSPS) is 10.6. The van der Waals surface area contributed by atoms with Crippen molar-refractivity contribution in [2.45, 2.75) is 13.5 Å². The Hall–Kier alpha value is -4.54. The van der Waals surface area contributed by atoms with Crippen molar-refractivity contribution >= 4 is 23.4 Å². The number of benzene rings is 2. The smallest absolute Gasteiger partial charge is 0.342 e. The molecule has 1 heterocycles. The molecule has 0 bridgehead atoms. The number of anilines is 2. The number of aromatic amines is 1. The van der Waals surface area contributed by atoms with Crippen LogP contribution in [0.3, 0.4) is 0 Å². The molecule has 11 heteroatoms. The number of aromatic hydroxyl groups is 2. The number of nitrogen functional groups attached to an aromatic ring is 1. The van der Waals surface area contributed by atoms with Gasteiger partial charge in [-0.2, -0.15) is 0 Å². The van der Waals surface area contributed by atoms with E-state index in [1.807, 2.05) is 6.07 Å². The van der Waals surface area contributed by atoms with Crippen molar-refractivity contribution < 1.29 is 24.5 Å². The lowest BCUT2D eigenvalue weighted by molar-refractivity contribution is -0.121. The average molecular weight is 454 g/mol. The summed E-state index contributed by atoms with van der Waals surface area (Å²) < 4.78 is 6.08. The molecule has 0 spiro atoms. The van der Waals surface area contributed by atoms with E-state index in [0.29, 0.717) is 0 Å². The van der Waals surface area contributed by atoms with Crippen LogP contribution in [0.15, 0.2) is 58.1 Å². The molecule has 2 aromatic carbocycles. The lowest BCUT2D eigenvalue weighted by atomic mass is 10.2. The summed E-state index contributed by atoms with van der Waals surface area (Å²) in [5.74, 6) is -2.77. The van der Waals surface area contributed by atoms with Crippen molar-refractivity contribution in [1.82, 2.24) is 9.55 Å². The SMILES string of the molecule is CCN(C(=O)COC(=O)c1ccc(O)cc1O)c1c(N)n(Cc2ccccc2)c(=O)[nH]c1=O. The predicted molar refractivity (Wildman–Crippen MR) is 119 cm³/mol. The molecule has 0 unspecified atom stereocenters. The van der Waals surface area contributed by atoms with Crippen LogP contribution in [0, 0.1) is 0 Å². The molecule has 3 aromatic rings. The van der Waals surface area contributed by atoms with E-state index in [4.69, 9.17) is 10.5 Å². The van der Waals surface area contributed by atoms with E-state index in [0.717, 1.165) is 27.2 Å². The fourth-order valence-corrected chi connectivity index (χ4v) is 3.20. The van der Waals surface area contributed by atoms with Crippen LogP contribution in [0.2, 0.25) is 0 Å². The molecule has 0 aliphatic carbocycles. The molecular weight excluding hydrogens is 432 g/mol. The number of hydrogen-bond acceptors (Lipinski definition) is 8. The van der Waals surface area contributed by atoms with Crippen LogP contribution >= 0.6 is 0 Å². The fraction of sp³-hybridized carbons (Fsp3) is 0.182. The molecule has 0 aliphatic heterocycles. The van der Waals surface area contributed by atoms with Gasteiger partial charge in [-0.05, 0) is 24.6 Å². The Balaban J connectivity index is 1.85. The molecule has 1 amide bonds. The lowest BCUT2D eigenvalue weighted by Crippen LogP contribution is -2.42. The van der Waals surface area contributed by atoms with Gasteiger partial charge >= 0.3 is 11.7 Å². The number of nitrogens with one attached hydrogen (secondary N) is 1. The Labute approximate surface area is 187 Å². The Kier molecular flexibility index (Phi) is 6.82. The molecular formula is C22H22N4O7. The van der Waals surface area contributed by atoms with Gasteiger partial charge in [-0.1, -0.05) is 30.3 Å². The second-order valence-corrected chi connectivity index (χ2v) is 6.98. The highest BCUT2D eigenvalue weighted by atomic mass is 16.5.